The van der Waals surface area contributed by atoms with Gasteiger partial charge >= 0.3 is 5.97 Å². The minimum atomic E-state index is -0.889. The van der Waals surface area contributed by atoms with Crippen molar-refractivity contribution in [3.8, 4) is 5.75 Å². The van der Waals surface area contributed by atoms with Gasteiger partial charge in [-0.15, -0.1) is 0 Å². The fourth-order valence-corrected chi connectivity index (χ4v) is 3.21. The van der Waals surface area contributed by atoms with Crippen LogP contribution in [0.2, 0.25) is 0 Å². The Labute approximate surface area is 146 Å². The van der Waals surface area contributed by atoms with E-state index in [-0.39, 0.29) is 12.5 Å². The highest BCUT2D eigenvalue weighted by Gasteiger charge is 2.32. The number of methoxy groups -OCH3 is 1. The average molecular weight is 339 g/mol. The topological polar surface area (TPSA) is 66.8 Å². The fourth-order valence-electron chi connectivity index (χ4n) is 3.21. The molecule has 25 heavy (non-hydrogen) atoms. The van der Waals surface area contributed by atoms with Crippen molar-refractivity contribution in [3.05, 3.63) is 65.2 Å². The number of carboxylic acids is 1. The van der Waals surface area contributed by atoms with E-state index < -0.39 is 11.9 Å². The van der Waals surface area contributed by atoms with Gasteiger partial charge in [0.1, 0.15) is 5.75 Å². The molecule has 0 saturated carbocycles. The molecule has 0 aromatic heterocycles. The summed E-state index contributed by atoms with van der Waals surface area (Å²) in [5, 5.41) is 9.49. The number of carbonyl (C=O) groups is 2. The van der Waals surface area contributed by atoms with Gasteiger partial charge in [-0.25, -0.2) is 0 Å². The molecule has 0 radical (unpaired) electrons. The molecule has 1 atom stereocenters. The smallest absolute Gasteiger partial charge is 0.312 e. The number of fused-ring (bicyclic) bond motifs is 1. The van der Waals surface area contributed by atoms with E-state index in [0.29, 0.717) is 19.4 Å². The molecule has 1 aliphatic heterocycles. The van der Waals surface area contributed by atoms with E-state index in [1.54, 1.807) is 12.0 Å². The molecular weight excluding hydrogens is 318 g/mol. The van der Waals surface area contributed by atoms with E-state index in [4.69, 9.17) is 4.74 Å². The highest BCUT2D eigenvalue weighted by Crippen LogP contribution is 2.29. The second-order valence-electron chi connectivity index (χ2n) is 6.21. The standard InChI is InChI=1S/C20H21NO4/c1-25-16-9-6-14(7-10-16)8-11-19(22)21-12-15-4-2-3-5-17(15)18(13-21)20(23)24/h2-7,9-10,18H,8,11-13H2,1H3,(H,23,24)/t18-/m0/s1. The third kappa shape index (κ3) is 3.82. The van der Waals surface area contributed by atoms with Crippen molar-refractivity contribution >= 4 is 11.9 Å². The molecule has 1 aliphatic rings. The molecule has 0 aliphatic carbocycles. The van der Waals surface area contributed by atoms with Crippen LogP contribution in [-0.2, 0) is 22.6 Å². The molecule has 0 spiro atoms. The normalized spacial score (nSPS) is 16.2. The minimum absolute atomic E-state index is 0.0171. The number of carboxylic acid groups (broad SMARTS) is 1. The van der Waals surface area contributed by atoms with Gasteiger partial charge in [-0.1, -0.05) is 36.4 Å². The zero-order valence-electron chi connectivity index (χ0n) is 14.1. The summed E-state index contributed by atoms with van der Waals surface area (Å²) >= 11 is 0. The zero-order valence-corrected chi connectivity index (χ0v) is 14.1. The number of aryl methyl sites for hydroxylation is 1. The van der Waals surface area contributed by atoms with Gasteiger partial charge in [-0.2, -0.15) is 0 Å². The van der Waals surface area contributed by atoms with Crippen LogP contribution >= 0.6 is 0 Å². The van der Waals surface area contributed by atoms with Crippen molar-refractivity contribution in [1.29, 1.82) is 0 Å². The SMILES string of the molecule is COc1ccc(CCC(=O)N2Cc3ccccc3[C@@H](C(=O)O)C2)cc1. The molecule has 2 aromatic rings. The summed E-state index contributed by atoms with van der Waals surface area (Å²) in [7, 11) is 1.62. The van der Waals surface area contributed by atoms with E-state index >= 15 is 0 Å². The third-order valence-corrected chi connectivity index (χ3v) is 4.63. The van der Waals surface area contributed by atoms with E-state index in [1.165, 1.54) is 0 Å². The van der Waals surface area contributed by atoms with Crippen molar-refractivity contribution in [3.63, 3.8) is 0 Å². The van der Waals surface area contributed by atoms with Crippen LogP contribution in [0, 0.1) is 0 Å². The van der Waals surface area contributed by atoms with E-state index in [9.17, 15) is 14.7 Å². The van der Waals surface area contributed by atoms with Crippen LogP contribution in [0.3, 0.4) is 0 Å². The van der Waals surface area contributed by atoms with Crippen LogP contribution in [-0.4, -0.2) is 35.5 Å². The molecule has 0 unspecified atom stereocenters. The van der Waals surface area contributed by atoms with Crippen LogP contribution in [0.15, 0.2) is 48.5 Å². The Kier molecular flexibility index (Phi) is 5.03. The highest BCUT2D eigenvalue weighted by molar-refractivity contribution is 5.81. The lowest BCUT2D eigenvalue weighted by atomic mass is 9.89. The molecule has 130 valence electrons. The quantitative estimate of drug-likeness (QED) is 0.910. The first-order valence-electron chi connectivity index (χ1n) is 8.30. The highest BCUT2D eigenvalue weighted by atomic mass is 16.5. The third-order valence-electron chi connectivity index (χ3n) is 4.63. The molecule has 0 fully saturated rings. The molecule has 1 heterocycles. The van der Waals surface area contributed by atoms with Crippen molar-refractivity contribution in [2.75, 3.05) is 13.7 Å². The van der Waals surface area contributed by atoms with Gasteiger partial charge in [0, 0.05) is 19.5 Å². The maximum absolute atomic E-state index is 12.6. The Morgan fingerprint density at radius 1 is 1.16 bits per heavy atom. The molecular formula is C20H21NO4. The summed E-state index contributed by atoms with van der Waals surface area (Å²) in [6.07, 6.45) is 0.986. The predicted molar refractivity (Wildman–Crippen MR) is 93.6 cm³/mol. The molecule has 3 rings (SSSR count). The lowest BCUT2D eigenvalue weighted by Crippen LogP contribution is -2.40. The summed E-state index contributed by atoms with van der Waals surface area (Å²) in [6, 6.07) is 15.1. The molecule has 5 nitrogen and oxygen atoms in total. The summed E-state index contributed by atoms with van der Waals surface area (Å²) < 4.78 is 5.13. The monoisotopic (exact) mass is 339 g/mol. The first-order valence-corrected chi connectivity index (χ1v) is 8.30. The molecule has 5 heteroatoms. The van der Waals surface area contributed by atoms with Crippen LogP contribution in [0.1, 0.15) is 29.0 Å². The van der Waals surface area contributed by atoms with Gasteiger partial charge in [-0.3, -0.25) is 9.59 Å². The van der Waals surface area contributed by atoms with E-state index in [0.717, 1.165) is 22.4 Å². The fraction of sp³-hybridized carbons (Fsp3) is 0.300. The number of benzene rings is 2. The zero-order chi connectivity index (χ0) is 17.8. The van der Waals surface area contributed by atoms with Crippen LogP contribution < -0.4 is 4.74 Å². The van der Waals surface area contributed by atoms with Crippen LogP contribution in [0.25, 0.3) is 0 Å². The summed E-state index contributed by atoms with van der Waals surface area (Å²) in [5.41, 5.74) is 2.79. The summed E-state index contributed by atoms with van der Waals surface area (Å²) in [6.45, 7) is 0.704. The van der Waals surface area contributed by atoms with Crippen LogP contribution in [0.4, 0.5) is 0 Å². The maximum atomic E-state index is 12.6. The number of rotatable bonds is 5. The largest absolute Gasteiger partial charge is 0.497 e. The summed E-state index contributed by atoms with van der Waals surface area (Å²) in [4.78, 5) is 25.8. The van der Waals surface area contributed by atoms with Gasteiger partial charge in [0.15, 0.2) is 0 Å². The number of amides is 1. The Morgan fingerprint density at radius 3 is 2.56 bits per heavy atom. The minimum Gasteiger partial charge on any atom is -0.497 e. The first-order chi connectivity index (χ1) is 12.1. The number of hydrogen-bond donors (Lipinski definition) is 1. The molecule has 1 amide bonds. The Bertz CT molecular complexity index is 770. The van der Waals surface area contributed by atoms with Crippen molar-refractivity contribution in [2.45, 2.75) is 25.3 Å². The number of carbonyl (C=O) groups excluding carboxylic acids is 1. The number of ether oxygens (including phenoxy) is 1. The number of nitrogens with zero attached hydrogens (tertiary/aromatic N) is 1. The van der Waals surface area contributed by atoms with Crippen molar-refractivity contribution in [2.24, 2.45) is 0 Å². The first kappa shape index (κ1) is 17.0. The summed E-state index contributed by atoms with van der Waals surface area (Å²) in [5.74, 6) is -0.779. The number of hydrogen-bond acceptors (Lipinski definition) is 3. The lowest BCUT2D eigenvalue weighted by molar-refractivity contribution is -0.141. The maximum Gasteiger partial charge on any atom is 0.312 e. The molecule has 1 N–H and O–H groups in total. The number of aliphatic carboxylic acids is 1. The van der Waals surface area contributed by atoms with Crippen molar-refractivity contribution in [1.82, 2.24) is 4.90 Å². The second kappa shape index (κ2) is 7.38. The second-order valence-corrected chi connectivity index (χ2v) is 6.21. The Balaban J connectivity index is 1.67. The van der Waals surface area contributed by atoms with Gasteiger partial charge in [-0.05, 0) is 35.2 Å². The predicted octanol–water partition coefficient (Wildman–Crippen LogP) is 2.84. The van der Waals surface area contributed by atoms with Crippen LogP contribution in [0.5, 0.6) is 5.75 Å². The van der Waals surface area contributed by atoms with Gasteiger partial charge in [0.2, 0.25) is 5.91 Å². The van der Waals surface area contributed by atoms with Crippen molar-refractivity contribution < 1.29 is 19.4 Å². The average Bonchev–Trinajstić information content (AvgIpc) is 2.65. The molecule has 0 bridgehead atoms. The Hall–Kier alpha value is -2.82. The molecule has 0 saturated heterocycles. The van der Waals surface area contributed by atoms with E-state index in [2.05, 4.69) is 0 Å². The lowest BCUT2D eigenvalue weighted by Gasteiger charge is -2.33. The van der Waals surface area contributed by atoms with Gasteiger partial charge < -0.3 is 14.7 Å². The van der Waals surface area contributed by atoms with E-state index in [1.807, 2.05) is 48.5 Å². The molecule has 2 aromatic carbocycles. The van der Waals surface area contributed by atoms with Gasteiger partial charge in [0.25, 0.3) is 0 Å². The Morgan fingerprint density at radius 2 is 1.88 bits per heavy atom. The van der Waals surface area contributed by atoms with Gasteiger partial charge in [0.05, 0.1) is 13.0 Å².